The van der Waals surface area contributed by atoms with E-state index in [0.29, 0.717) is 0 Å². The molecule has 0 saturated carbocycles. The van der Waals surface area contributed by atoms with Crippen molar-refractivity contribution in [3.05, 3.63) is 71.9 Å². The molecule has 1 fully saturated rings. The summed E-state index contributed by atoms with van der Waals surface area (Å²) in [6.07, 6.45) is 1.14. The van der Waals surface area contributed by atoms with Crippen LogP contribution in [0.25, 0.3) is 10.9 Å². The Morgan fingerprint density at radius 1 is 0.840 bits per heavy atom. The SMILES string of the molecule is Cc1ccc2c(N3CCN(CCc4ccccc4)CC3)cccc2n1. The maximum absolute atomic E-state index is 4.67. The maximum atomic E-state index is 4.67. The highest BCUT2D eigenvalue weighted by molar-refractivity contribution is 5.92. The van der Waals surface area contributed by atoms with Crippen molar-refractivity contribution in [3.8, 4) is 0 Å². The summed E-state index contributed by atoms with van der Waals surface area (Å²) in [5.74, 6) is 0. The van der Waals surface area contributed by atoms with Crippen molar-refractivity contribution in [2.24, 2.45) is 0 Å². The minimum atomic E-state index is 1.08. The molecule has 0 bridgehead atoms. The Morgan fingerprint density at radius 3 is 2.44 bits per heavy atom. The molecule has 4 rings (SSSR count). The normalized spacial score (nSPS) is 15.6. The summed E-state index contributed by atoms with van der Waals surface area (Å²) in [6.45, 7) is 7.63. The number of piperazine rings is 1. The van der Waals surface area contributed by atoms with Crippen LogP contribution < -0.4 is 4.90 Å². The van der Waals surface area contributed by atoms with Gasteiger partial charge in [0.15, 0.2) is 0 Å². The molecule has 0 amide bonds. The van der Waals surface area contributed by atoms with Crippen molar-refractivity contribution in [1.29, 1.82) is 0 Å². The number of hydrogen-bond acceptors (Lipinski definition) is 3. The molecule has 0 N–H and O–H groups in total. The average molecular weight is 331 g/mol. The van der Waals surface area contributed by atoms with E-state index in [2.05, 4.69) is 82.4 Å². The van der Waals surface area contributed by atoms with Crippen LogP contribution in [-0.2, 0) is 6.42 Å². The van der Waals surface area contributed by atoms with Crippen molar-refractivity contribution in [1.82, 2.24) is 9.88 Å². The molecule has 1 aliphatic heterocycles. The van der Waals surface area contributed by atoms with Gasteiger partial charge >= 0.3 is 0 Å². The number of hydrogen-bond donors (Lipinski definition) is 0. The van der Waals surface area contributed by atoms with Crippen LogP contribution in [0.3, 0.4) is 0 Å². The molecular weight excluding hydrogens is 306 g/mol. The van der Waals surface area contributed by atoms with Gasteiger partial charge < -0.3 is 4.90 Å². The third kappa shape index (κ3) is 3.67. The second kappa shape index (κ2) is 7.24. The van der Waals surface area contributed by atoms with Gasteiger partial charge in [0.05, 0.1) is 5.52 Å². The summed E-state index contributed by atoms with van der Waals surface area (Å²) >= 11 is 0. The quantitative estimate of drug-likeness (QED) is 0.722. The fourth-order valence-corrected chi connectivity index (χ4v) is 3.66. The van der Waals surface area contributed by atoms with E-state index in [0.717, 1.165) is 50.4 Å². The minimum absolute atomic E-state index is 1.08. The van der Waals surface area contributed by atoms with E-state index in [1.165, 1.54) is 16.6 Å². The van der Waals surface area contributed by atoms with Gasteiger partial charge in [0, 0.05) is 49.5 Å². The number of anilines is 1. The molecule has 0 aliphatic carbocycles. The van der Waals surface area contributed by atoms with Crippen LogP contribution >= 0.6 is 0 Å². The van der Waals surface area contributed by atoms with Crippen molar-refractivity contribution >= 4 is 16.6 Å². The van der Waals surface area contributed by atoms with Crippen LogP contribution in [0.4, 0.5) is 5.69 Å². The molecule has 1 aliphatic rings. The number of fused-ring (bicyclic) bond motifs is 1. The molecule has 25 heavy (non-hydrogen) atoms. The van der Waals surface area contributed by atoms with Gasteiger partial charge in [-0.3, -0.25) is 9.88 Å². The molecule has 1 saturated heterocycles. The third-order valence-corrected chi connectivity index (χ3v) is 5.12. The Morgan fingerprint density at radius 2 is 1.64 bits per heavy atom. The molecular formula is C22H25N3. The first kappa shape index (κ1) is 16.1. The van der Waals surface area contributed by atoms with Crippen LogP contribution in [0.2, 0.25) is 0 Å². The Bertz CT molecular complexity index is 836. The third-order valence-electron chi connectivity index (χ3n) is 5.12. The molecule has 1 aromatic heterocycles. The Hall–Kier alpha value is -2.39. The van der Waals surface area contributed by atoms with E-state index in [1.54, 1.807) is 0 Å². The minimum Gasteiger partial charge on any atom is -0.368 e. The van der Waals surface area contributed by atoms with Gasteiger partial charge in [0.1, 0.15) is 0 Å². The summed E-state index contributed by atoms with van der Waals surface area (Å²) in [6, 6.07) is 21.6. The van der Waals surface area contributed by atoms with Crippen LogP contribution in [0, 0.1) is 6.92 Å². The van der Waals surface area contributed by atoms with Gasteiger partial charge in [-0.25, -0.2) is 0 Å². The Kier molecular flexibility index (Phi) is 4.66. The average Bonchev–Trinajstić information content (AvgIpc) is 2.67. The van der Waals surface area contributed by atoms with E-state index in [4.69, 9.17) is 0 Å². The molecule has 2 aromatic carbocycles. The van der Waals surface area contributed by atoms with Gasteiger partial charge in [0.2, 0.25) is 0 Å². The lowest BCUT2D eigenvalue weighted by molar-refractivity contribution is 0.261. The number of aromatic nitrogens is 1. The zero-order valence-electron chi connectivity index (χ0n) is 14.9. The molecule has 0 radical (unpaired) electrons. The van der Waals surface area contributed by atoms with Crippen molar-refractivity contribution in [3.63, 3.8) is 0 Å². The molecule has 0 unspecified atom stereocenters. The van der Waals surface area contributed by atoms with E-state index in [-0.39, 0.29) is 0 Å². The second-order valence-corrected chi connectivity index (χ2v) is 6.86. The van der Waals surface area contributed by atoms with Crippen molar-refractivity contribution in [2.75, 3.05) is 37.6 Å². The van der Waals surface area contributed by atoms with Crippen LogP contribution in [-0.4, -0.2) is 42.6 Å². The molecule has 0 atom stereocenters. The van der Waals surface area contributed by atoms with Gasteiger partial charge in [-0.1, -0.05) is 36.4 Å². The van der Waals surface area contributed by atoms with Crippen LogP contribution in [0.1, 0.15) is 11.3 Å². The van der Waals surface area contributed by atoms with E-state index in [9.17, 15) is 0 Å². The summed E-state index contributed by atoms with van der Waals surface area (Å²) in [4.78, 5) is 9.76. The Balaban J connectivity index is 1.40. The van der Waals surface area contributed by atoms with E-state index < -0.39 is 0 Å². The summed E-state index contributed by atoms with van der Waals surface area (Å²) in [5.41, 5.74) is 4.94. The number of pyridine rings is 1. The first-order valence-corrected chi connectivity index (χ1v) is 9.17. The highest BCUT2D eigenvalue weighted by atomic mass is 15.3. The Labute approximate surface area is 149 Å². The predicted octanol–water partition coefficient (Wildman–Crippen LogP) is 3.91. The maximum Gasteiger partial charge on any atom is 0.0726 e. The van der Waals surface area contributed by atoms with Crippen LogP contribution in [0.15, 0.2) is 60.7 Å². The largest absolute Gasteiger partial charge is 0.368 e. The van der Waals surface area contributed by atoms with E-state index >= 15 is 0 Å². The number of aryl methyl sites for hydroxylation is 1. The number of nitrogens with zero attached hydrogens (tertiary/aromatic N) is 3. The zero-order chi connectivity index (χ0) is 17.1. The highest BCUT2D eigenvalue weighted by Gasteiger charge is 2.18. The first-order valence-electron chi connectivity index (χ1n) is 9.17. The second-order valence-electron chi connectivity index (χ2n) is 6.86. The topological polar surface area (TPSA) is 19.4 Å². The van der Waals surface area contributed by atoms with Gasteiger partial charge in [-0.15, -0.1) is 0 Å². The van der Waals surface area contributed by atoms with Crippen LogP contribution in [0.5, 0.6) is 0 Å². The summed E-state index contributed by atoms with van der Waals surface area (Å²) in [5, 5.41) is 1.27. The molecule has 0 spiro atoms. The molecule has 2 heterocycles. The smallest absolute Gasteiger partial charge is 0.0726 e. The predicted molar refractivity (Wildman–Crippen MR) is 105 cm³/mol. The summed E-state index contributed by atoms with van der Waals surface area (Å²) in [7, 11) is 0. The standard InChI is InChI=1S/C22H25N3/c1-18-10-11-20-21(23-18)8-5-9-22(20)25-16-14-24(15-17-25)13-12-19-6-3-2-4-7-19/h2-11H,12-17H2,1H3. The lowest BCUT2D eigenvalue weighted by atomic mass is 10.1. The van der Waals surface area contributed by atoms with Gasteiger partial charge in [-0.05, 0) is 43.2 Å². The zero-order valence-corrected chi connectivity index (χ0v) is 14.9. The fraction of sp³-hybridized carbons (Fsp3) is 0.318. The number of benzene rings is 2. The first-order chi connectivity index (χ1) is 12.3. The van der Waals surface area contributed by atoms with Crippen molar-refractivity contribution < 1.29 is 0 Å². The molecule has 3 nitrogen and oxygen atoms in total. The van der Waals surface area contributed by atoms with Crippen molar-refractivity contribution in [2.45, 2.75) is 13.3 Å². The lowest BCUT2D eigenvalue weighted by Gasteiger charge is -2.36. The molecule has 128 valence electrons. The number of rotatable bonds is 4. The highest BCUT2D eigenvalue weighted by Crippen LogP contribution is 2.27. The molecule has 3 aromatic rings. The van der Waals surface area contributed by atoms with Gasteiger partial charge in [0.25, 0.3) is 0 Å². The lowest BCUT2D eigenvalue weighted by Crippen LogP contribution is -2.47. The van der Waals surface area contributed by atoms with E-state index in [1.807, 2.05) is 0 Å². The monoisotopic (exact) mass is 331 g/mol. The fourth-order valence-electron chi connectivity index (χ4n) is 3.66. The van der Waals surface area contributed by atoms with Gasteiger partial charge in [-0.2, -0.15) is 0 Å². The summed E-state index contributed by atoms with van der Waals surface area (Å²) < 4.78 is 0. The molecule has 3 heteroatoms.